The summed E-state index contributed by atoms with van der Waals surface area (Å²) in [6.45, 7) is 0.852. The van der Waals surface area contributed by atoms with Gasteiger partial charge < -0.3 is 10.6 Å². The summed E-state index contributed by atoms with van der Waals surface area (Å²) in [4.78, 5) is 16.6. The molecule has 2 N–H and O–H groups in total. The molecule has 5 nitrogen and oxygen atoms in total. The van der Waals surface area contributed by atoms with Crippen molar-refractivity contribution in [3.63, 3.8) is 0 Å². The van der Waals surface area contributed by atoms with E-state index < -0.39 is 30.5 Å². The van der Waals surface area contributed by atoms with Gasteiger partial charge in [0.05, 0.1) is 11.8 Å². The van der Waals surface area contributed by atoms with Gasteiger partial charge in [-0.2, -0.15) is 13.2 Å². The largest absolute Gasteiger partial charge is 0.405 e. The van der Waals surface area contributed by atoms with Crippen LogP contribution in [0.1, 0.15) is 10.4 Å². The first-order chi connectivity index (χ1) is 10.4. The summed E-state index contributed by atoms with van der Waals surface area (Å²) in [7, 11) is 0. The third-order valence-corrected chi connectivity index (χ3v) is 3.39. The van der Waals surface area contributed by atoms with Crippen molar-refractivity contribution < 1.29 is 22.4 Å². The third-order valence-electron chi connectivity index (χ3n) is 3.39. The maximum absolute atomic E-state index is 13.1. The Kier molecular flexibility index (Phi) is 9.49. The Hall–Kier alpha value is -1.16. The molecular formula is C13H18Cl2F4N4O. The molecule has 1 aromatic heterocycles. The number of pyridine rings is 1. The maximum Gasteiger partial charge on any atom is 0.405 e. The van der Waals surface area contributed by atoms with Crippen molar-refractivity contribution >= 4 is 30.7 Å². The minimum atomic E-state index is -4.45. The highest BCUT2D eigenvalue weighted by atomic mass is 35.5. The van der Waals surface area contributed by atoms with Gasteiger partial charge in [0.2, 0.25) is 0 Å². The monoisotopic (exact) mass is 392 g/mol. The molecule has 1 saturated heterocycles. The van der Waals surface area contributed by atoms with E-state index in [2.05, 4.69) is 15.6 Å². The average Bonchev–Trinajstić information content (AvgIpc) is 2.47. The van der Waals surface area contributed by atoms with Crippen LogP contribution >= 0.6 is 24.8 Å². The number of aromatic nitrogens is 1. The van der Waals surface area contributed by atoms with Gasteiger partial charge in [0.15, 0.2) is 0 Å². The van der Waals surface area contributed by atoms with Crippen LogP contribution in [0.5, 0.6) is 0 Å². The van der Waals surface area contributed by atoms with Gasteiger partial charge in [-0.1, -0.05) is 0 Å². The lowest BCUT2D eigenvalue weighted by Crippen LogP contribution is -2.57. The fraction of sp³-hybridized carbons (Fsp3) is 0.538. The first-order valence-electron chi connectivity index (χ1n) is 6.78. The number of amides is 1. The van der Waals surface area contributed by atoms with E-state index in [0.29, 0.717) is 13.1 Å². The number of halogens is 6. The summed E-state index contributed by atoms with van der Waals surface area (Å²) >= 11 is 0. The molecule has 0 aromatic carbocycles. The van der Waals surface area contributed by atoms with E-state index in [1.54, 1.807) is 0 Å². The van der Waals surface area contributed by atoms with Crippen molar-refractivity contribution in [3.05, 3.63) is 29.8 Å². The van der Waals surface area contributed by atoms with Gasteiger partial charge in [0, 0.05) is 38.9 Å². The van der Waals surface area contributed by atoms with Crippen LogP contribution < -0.4 is 10.6 Å². The smallest absolute Gasteiger partial charge is 0.350 e. The third kappa shape index (κ3) is 6.39. The first kappa shape index (κ1) is 22.8. The number of carbonyl (C=O) groups is 1. The van der Waals surface area contributed by atoms with Crippen molar-refractivity contribution in [3.8, 4) is 0 Å². The quantitative estimate of drug-likeness (QED) is 0.764. The van der Waals surface area contributed by atoms with Crippen LogP contribution in [-0.2, 0) is 0 Å². The molecule has 1 aliphatic heterocycles. The molecule has 138 valence electrons. The Morgan fingerprint density at radius 2 is 1.92 bits per heavy atom. The molecule has 1 amide bonds. The van der Waals surface area contributed by atoms with E-state index >= 15 is 0 Å². The molecule has 0 spiro atoms. The molecule has 2 rings (SSSR count). The number of piperazine rings is 1. The minimum absolute atomic E-state index is 0. The van der Waals surface area contributed by atoms with Gasteiger partial charge in [-0.25, -0.2) is 4.39 Å². The van der Waals surface area contributed by atoms with Crippen LogP contribution in [0.3, 0.4) is 0 Å². The van der Waals surface area contributed by atoms with Crippen LogP contribution in [0, 0.1) is 5.82 Å². The molecule has 1 fully saturated rings. The standard InChI is InChI=1S/C13H16F4N4O.2ClH/c14-10-5-9(6-19-7-10)12(22)20-8-11(13(15,16)17)21-3-1-18-2-4-21;;/h5-7,11,18H,1-4,8H2,(H,20,22);2*1H. The highest BCUT2D eigenvalue weighted by Crippen LogP contribution is 2.24. The number of nitrogens with one attached hydrogen (secondary N) is 2. The predicted molar refractivity (Wildman–Crippen MR) is 85.3 cm³/mol. The Bertz CT molecular complexity index is 527. The summed E-state index contributed by atoms with van der Waals surface area (Å²) < 4.78 is 52.4. The van der Waals surface area contributed by atoms with Crippen LogP contribution in [0.4, 0.5) is 17.6 Å². The minimum Gasteiger partial charge on any atom is -0.350 e. The van der Waals surface area contributed by atoms with Crippen molar-refractivity contribution in [1.82, 2.24) is 20.5 Å². The molecular weight excluding hydrogens is 375 g/mol. The Balaban J connectivity index is 0.00000264. The second-order valence-corrected chi connectivity index (χ2v) is 4.95. The van der Waals surface area contributed by atoms with Crippen LogP contribution in [0.25, 0.3) is 0 Å². The molecule has 0 aliphatic carbocycles. The van der Waals surface area contributed by atoms with E-state index in [9.17, 15) is 22.4 Å². The predicted octanol–water partition coefficient (Wildman–Crippen LogP) is 1.63. The molecule has 1 aromatic rings. The number of hydrogen-bond donors (Lipinski definition) is 2. The van der Waals surface area contributed by atoms with E-state index in [4.69, 9.17) is 0 Å². The Labute approximate surface area is 149 Å². The summed E-state index contributed by atoms with van der Waals surface area (Å²) in [6.07, 6.45) is -2.44. The van der Waals surface area contributed by atoms with E-state index in [-0.39, 0.29) is 43.5 Å². The van der Waals surface area contributed by atoms with Crippen LogP contribution in [-0.4, -0.2) is 60.7 Å². The highest BCUT2D eigenvalue weighted by Gasteiger charge is 2.43. The van der Waals surface area contributed by atoms with Crippen molar-refractivity contribution in [1.29, 1.82) is 0 Å². The lowest BCUT2D eigenvalue weighted by Gasteiger charge is -2.35. The van der Waals surface area contributed by atoms with Crippen LogP contribution in [0.2, 0.25) is 0 Å². The van der Waals surface area contributed by atoms with Gasteiger partial charge in [0.25, 0.3) is 5.91 Å². The molecule has 1 aliphatic rings. The molecule has 0 saturated carbocycles. The second-order valence-electron chi connectivity index (χ2n) is 4.95. The fourth-order valence-corrected chi connectivity index (χ4v) is 2.27. The fourth-order valence-electron chi connectivity index (χ4n) is 2.27. The highest BCUT2D eigenvalue weighted by molar-refractivity contribution is 5.93. The van der Waals surface area contributed by atoms with Crippen LogP contribution in [0.15, 0.2) is 18.5 Å². The zero-order valence-corrected chi connectivity index (χ0v) is 14.1. The number of rotatable bonds is 4. The van der Waals surface area contributed by atoms with Gasteiger partial charge in [-0.15, -0.1) is 24.8 Å². The van der Waals surface area contributed by atoms with E-state index in [0.717, 1.165) is 18.5 Å². The maximum atomic E-state index is 13.1. The molecule has 11 heteroatoms. The molecule has 24 heavy (non-hydrogen) atoms. The second kappa shape index (κ2) is 9.97. The van der Waals surface area contributed by atoms with Crippen molar-refractivity contribution in [2.75, 3.05) is 32.7 Å². The number of nitrogens with zero attached hydrogens (tertiary/aromatic N) is 2. The van der Waals surface area contributed by atoms with E-state index in [1.807, 2.05) is 0 Å². The van der Waals surface area contributed by atoms with Crippen molar-refractivity contribution in [2.24, 2.45) is 0 Å². The van der Waals surface area contributed by atoms with E-state index in [1.165, 1.54) is 4.90 Å². The molecule has 1 atom stereocenters. The summed E-state index contributed by atoms with van der Waals surface area (Å²) in [5, 5.41) is 5.17. The average molecular weight is 393 g/mol. The van der Waals surface area contributed by atoms with Gasteiger partial charge in [-0.3, -0.25) is 14.7 Å². The normalized spacial score (nSPS) is 16.5. The number of hydrogen-bond acceptors (Lipinski definition) is 4. The van der Waals surface area contributed by atoms with Gasteiger partial charge >= 0.3 is 6.18 Å². The number of carbonyl (C=O) groups excluding carboxylic acids is 1. The Morgan fingerprint density at radius 1 is 1.29 bits per heavy atom. The molecule has 1 unspecified atom stereocenters. The first-order valence-corrected chi connectivity index (χ1v) is 6.78. The van der Waals surface area contributed by atoms with Gasteiger partial charge in [0.1, 0.15) is 11.9 Å². The lowest BCUT2D eigenvalue weighted by atomic mass is 10.2. The summed E-state index contributed by atoms with van der Waals surface area (Å²) in [6, 6.07) is -0.837. The van der Waals surface area contributed by atoms with Crippen molar-refractivity contribution in [2.45, 2.75) is 12.2 Å². The number of alkyl halides is 3. The SMILES string of the molecule is Cl.Cl.O=C(NCC(N1CCNCC1)C(F)(F)F)c1cncc(F)c1. The zero-order chi connectivity index (χ0) is 16.2. The summed E-state index contributed by atoms with van der Waals surface area (Å²) in [5.74, 6) is -1.50. The lowest BCUT2D eigenvalue weighted by molar-refractivity contribution is -0.183. The molecule has 0 radical (unpaired) electrons. The zero-order valence-electron chi connectivity index (χ0n) is 12.5. The van der Waals surface area contributed by atoms with Gasteiger partial charge in [-0.05, 0) is 6.07 Å². The molecule has 2 heterocycles. The topological polar surface area (TPSA) is 57.3 Å². The molecule has 0 bridgehead atoms. The Morgan fingerprint density at radius 3 is 2.46 bits per heavy atom. The summed E-state index contributed by atoms with van der Waals surface area (Å²) in [5.41, 5.74) is -0.110.